The molecule has 0 bridgehead atoms. The summed E-state index contributed by atoms with van der Waals surface area (Å²) in [6.07, 6.45) is 1.07. The SMILES string of the molecule is O=C(NO)c1cccc(Nc2nc(Nc3ccccc3N3CCOCC3)ncc2F)c1. The normalized spacial score (nSPS) is 13.5. The van der Waals surface area contributed by atoms with Crippen molar-refractivity contribution in [1.82, 2.24) is 15.4 Å². The Balaban J connectivity index is 1.56. The van der Waals surface area contributed by atoms with Crippen LogP contribution >= 0.6 is 0 Å². The lowest BCUT2D eigenvalue weighted by Gasteiger charge is -2.30. The number of hydrogen-bond acceptors (Lipinski definition) is 8. The summed E-state index contributed by atoms with van der Waals surface area (Å²) >= 11 is 0. The lowest BCUT2D eigenvalue weighted by molar-refractivity contribution is 0.0706. The third-order valence-electron chi connectivity index (χ3n) is 4.74. The molecule has 0 spiro atoms. The molecule has 9 nitrogen and oxygen atoms in total. The van der Waals surface area contributed by atoms with Crippen LogP contribution in [0.4, 0.5) is 33.2 Å². The molecule has 1 aromatic heterocycles. The van der Waals surface area contributed by atoms with Gasteiger partial charge in [-0.15, -0.1) is 0 Å². The fraction of sp³-hybridized carbons (Fsp3) is 0.190. The quantitative estimate of drug-likeness (QED) is 0.353. The minimum atomic E-state index is -0.672. The Morgan fingerprint density at radius 1 is 1.10 bits per heavy atom. The molecule has 1 aliphatic rings. The van der Waals surface area contributed by atoms with Crippen molar-refractivity contribution in [2.75, 3.05) is 41.8 Å². The van der Waals surface area contributed by atoms with Crippen LogP contribution in [0.1, 0.15) is 10.4 Å². The van der Waals surface area contributed by atoms with E-state index in [4.69, 9.17) is 9.94 Å². The summed E-state index contributed by atoms with van der Waals surface area (Å²) in [6.45, 7) is 2.85. The lowest BCUT2D eigenvalue weighted by Crippen LogP contribution is -2.36. The minimum absolute atomic E-state index is 0.0529. The summed E-state index contributed by atoms with van der Waals surface area (Å²) in [5.74, 6) is -1.16. The van der Waals surface area contributed by atoms with Gasteiger partial charge in [0.2, 0.25) is 5.95 Å². The fourth-order valence-electron chi connectivity index (χ4n) is 3.23. The summed E-state index contributed by atoms with van der Waals surface area (Å²) < 4.78 is 19.8. The van der Waals surface area contributed by atoms with E-state index in [1.54, 1.807) is 17.6 Å². The van der Waals surface area contributed by atoms with Crippen molar-refractivity contribution in [3.05, 3.63) is 66.1 Å². The molecule has 1 saturated heterocycles. The number of nitrogens with one attached hydrogen (secondary N) is 3. The summed E-state index contributed by atoms with van der Waals surface area (Å²) in [5, 5.41) is 14.8. The topological polar surface area (TPSA) is 112 Å². The predicted octanol–water partition coefficient (Wildman–Crippen LogP) is 3.06. The zero-order valence-corrected chi connectivity index (χ0v) is 16.5. The first-order chi connectivity index (χ1) is 15.1. The van der Waals surface area contributed by atoms with Crippen LogP contribution in [0.15, 0.2) is 54.7 Å². The molecule has 0 radical (unpaired) electrons. The van der Waals surface area contributed by atoms with Crippen LogP contribution in [0.3, 0.4) is 0 Å². The zero-order chi connectivity index (χ0) is 21.6. The van der Waals surface area contributed by atoms with Crippen molar-refractivity contribution in [3.8, 4) is 0 Å². The van der Waals surface area contributed by atoms with Crippen LogP contribution in [0.25, 0.3) is 0 Å². The Morgan fingerprint density at radius 2 is 1.90 bits per heavy atom. The molecule has 2 aromatic carbocycles. The van der Waals surface area contributed by atoms with Crippen molar-refractivity contribution < 1.29 is 19.1 Å². The van der Waals surface area contributed by atoms with E-state index in [1.165, 1.54) is 12.1 Å². The van der Waals surface area contributed by atoms with Crippen LogP contribution in [-0.2, 0) is 4.74 Å². The number of carbonyl (C=O) groups is 1. The van der Waals surface area contributed by atoms with Gasteiger partial charge < -0.3 is 20.3 Å². The van der Waals surface area contributed by atoms with Crippen LogP contribution < -0.4 is 21.0 Å². The van der Waals surface area contributed by atoms with Crippen LogP contribution in [0.2, 0.25) is 0 Å². The van der Waals surface area contributed by atoms with Gasteiger partial charge >= 0.3 is 0 Å². The van der Waals surface area contributed by atoms with E-state index in [0.29, 0.717) is 18.9 Å². The molecule has 31 heavy (non-hydrogen) atoms. The zero-order valence-electron chi connectivity index (χ0n) is 16.5. The number of morpholine rings is 1. The van der Waals surface area contributed by atoms with E-state index in [1.807, 2.05) is 24.3 Å². The highest BCUT2D eigenvalue weighted by molar-refractivity contribution is 5.94. The number of anilines is 5. The van der Waals surface area contributed by atoms with Crippen molar-refractivity contribution in [3.63, 3.8) is 0 Å². The van der Waals surface area contributed by atoms with Crippen molar-refractivity contribution in [2.24, 2.45) is 0 Å². The number of ether oxygens (including phenoxy) is 1. The molecule has 0 saturated carbocycles. The Morgan fingerprint density at radius 3 is 2.71 bits per heavy atom. The molecule has 0 unspecified atom stereocenters. The number of nitrogens with zero attached hydrogens (tertiary/aromatic N) is 3. The van der Waals surface area contributed by atoms with E-state index in [0.717, 1.165) is 30.7 Å². The van der Waals surface area contributed by atoms with Crippen molar-refractivity contribution in [2.45, 2.75) is 0 Å². The third kappa shape index (κ3) is 4.87. The molecule has 10 heteroatoms. The van der Waals surface area contributed by atoms with Gasteiger partial charge in [-0.1, -0.05) is 18.2 Å². The van der Waals surface area contributed by atoms with E-state index >= 15 is 0 Å². The van der Waals surface area contributed by atoms with Crippen LogP contribution in [0, 0.1) is 5.82 Å². The molecule has 4 rings (SSSR count). The molecule has 160 valence electrons. The van der Waals surface area contributed by atoms with Gasteiger partial charge in [-0.25, -0.2) is 14.9 Å². The number of benzene rings is 2. The lowest BCUT2D eigenvalue weighted by atomic mass is 10.2. The predicted molar refractivity (Wildman–Crippen MR) is 114 cm³/mol. The van der Waals surface area contributed by atoms with Gasteiger partial charge in [0.05, 0.1) is 30.8 Å². The smallest absolute Gasteiger partial charge is 0.274 e. The number of rotatable bonds is 6. The average molecular weight is 424 g/mol. The molecule has 1 amide bonds. The first-order valence-electron chi connectivity index (χ1n) is 9.67. The number of aromatic nitrogens is 2. The van der Waals surface area contributed by atoms with Gasteiger partial charge in [-0.2, -0.15) is 4.98 Å². The highest BCUT2D eigenvalue weighted by atomic mass is 19.1. The fourth-order valence-corrected chi connectivity index (χ4v) is 3.23. The summed E-state index contributed by atoms with van der Waals surface area (Å²) in [4.78, 5) is 22.1. The molecule has 2 heterocycles. The van der Waals surface area contributed by atoms with E-state index in [2.05, 4.69) is 25.5 Å². The van der Waals surface area contributed by atoms with E-state index in [9.17, 15) is 9.18 Å². The van der Waals surface area contributed by atoms with Gasteiger partial charge in [0.1, 0.15) is 0 Å². The van der Waals surface area contributed by atoms with Gasteiger partial charge in [0.25, 0.3) is 5.91 Å². The Bertz CT molecular complexity index is 1070. The first-order valence-corrected chi connectivity index (χ1v) is 9.67. The highest BCUT2D eigenvalue weighted by Crippen LogP contribution is 2.29. The molecule has 1 aliphatic heterocycles. The maximum absolute atomic E-state index is 14.3. The second kappa shape index (κ2) is 9.37. The number of halogens is 1. The summed E-state index contributed by atoms with van der Waals surface area (Å²) in [7, 11) is 0. The van der Waals surface area contributed by atoms with Gasteiger partial charge in [0, 0.05) is 24.3 Å². The number of hydrogen-bond donors (Lipinski definition) is 4. The Labute approximate surface area is 177 Å². The number of hydroxylamine groups is 1. The molecule has 1 fully saturated rings. The van der Waals surface area contributed by atoms with E-state index < -0.39 is 11.7 Å². The second-order valence-electron chi connectivity index (χ2n) is 6.78. The first kappa shape index (κ1) is 20.5. The molecular weight excluding hydrogens is 403 g/mol. The summed E-state index contributed by atoms with van der Waals surface area (Å²) in [6, 6.07) is 14.0. The van der Waals surface area contributed by atoms with Gasteiger partial charge in [0.15, 0.2) is 11.6 Å². The van der Waals surface area contributed by atoms with E-state index in [-0.39, 0.29) is 17.3 Å². The largest absolute Gasteiger partial charge is 0.378 e. The van der Waals surface area contributed by atoms with Crippen LogP contribution in [0.5, 0.6) is 0 Å². The van der Waals surface area contributed by atoms with Crippen molar-refractivity contribution >= 4 is 34.7 Å². The molecule has 0 aliphatic carbocycles. The number of carbonyl (C=O) groups excluding carboxylic acids is 1. The molecular formula is C21H21FN6O3. The maximum atomic E-state index is 14.3. The molecule has 4 N–H and O–H groups in total. The molecule has 0 atom stereocenters. The Kier molecular flexibility index (Phi) is 6.20. The van der Waals surface area contributed by atoms with Gasteiger partial charge in [-0.3, -0.25) is 10.0 Å². The highest BCUT2D eigenvalue weighted by Gasteiger charge is 2.16. The molecule has 3 aromatic rings. The summed E-state index contributed by atoms with van der Waals surface area (Å²) in [5.41, 5.74) is 3.98. The standard InChI is InChI=1S/C21H21FN6O3/c22-16-13-23-21(25-17-6-1-2-7-18(17)28-8-10-31-11-9-28)26-19(16)24-15-5-3-4-14(12-15)20(29)27-30/h1-7,12-13,30H,8-11H2,(H,27,29)(H2,23,24,25,26). The van der Waals surface area contributed by atoms with Crippen LogP contribution in [-0.4, -0.2) is 47.4 Å². The average Bonchev–Trinajstić information content (AvgIpc) is 2.82. The van der Waals surface area contributed by atoms with Crippen molar-refractivity contribution in [1.29, 1.82) is 0 Å². The number of amides is 1. The number of para-hydroxylation sites is 2. The maximum Gasteiger partial charge on any atom is 0.274 e. The second-order valence-corrected chi connectivity index (χ2v) is 6.78. The monoisotopic (exact) mass is 424 g/mol. The minimum Gasteiger partial charge on any atom is -0.378 e. The van der Waals surface area contributed by atoms with Gasteiger partial charge in [-0.05, 0) is 30.3 Å². The third-order valence-corrected chi connectivity index (χ3v) is 4.74. The Hall–Kier alpha value is -3.76.